The normalized spacial score (nSPS) is 12.9. The van der Waals surface area contributed by atoms with Crippen LogP contribution in [0.2, 0.25) is 0 Å². The summed E-state index contributed by atoms with van der Waals surface area (Å²) in [6.45, 7) is 3.78. The van der Waals surface area contributed by atoms with Gasteiger partial charge in [0, 0.05) is 11.3 Å². The summed E-state index contributed by atoms with van der Waals surface area (Å²) in [5.74, 6) is -0.350. The van der Waals surface area contributed by atoms with Crippen molar-refractivity contribution in [3.63, 3.8) is 0 Å². The van der Waals surface area contributed by atoms with Crippen molar-refractivity contribution in [1.82, 2.24) is 0 Å². The zero-order valence-corrected chi connectivity index (χ0v) is 9.29. The van der Waals surface area contributed by atoms with Gasteiger partial charge in [0.1, 0.15) is 0 Å². The summed E-state index contributed by atoms with van der Waals surface area (Å²) >= 11 is 0. The van der Waals surface area contributed by atoms with Gasteiger partial charge in [-0.3, -0.25) is 4.79 Å². The van der Waals surface area contributed by atoms with Gasteiger partial charge in [0.2, 0.25) is 5.78 Å². The first-order valence-corrected chi connectivity index (χ1v) is 5.35. The number of halogens is 1. The van der Waals surface area contributed by atoms with Gasteiger partial charge in [-0.1, -0.05) is 26.0 Å². The maximum absolute atomic E-state index is 13.3. The standard InChI is InChI=1S/C13H13FO2/c1-3-8(2)12(15)11-7-9-5-4-6-10(14)13(9)16-11/h4-8H,3H2,1-2H3. The Hall–Kier alpha value is -1.64. The highest BCUT2D eigenvalue weighted by molar-refractivity contribution is 5.98. The summed E-state index contributed by atoms with van der Waals surface area (Å²) < 4.78 is 18.6. The highest BCUT2D eigenvalue weighted by Gasteiger charge is 2.18. The van der Waals surface area contributed by atoms with E-state index >= 15 is 0 Å². The number of Topliss-reactive ketones (excluding diaryl/α,β-unsaturated/α-hetero) is 1. The highest BCUT2D eigenvalue weighted by Crippen LogP contribution is 2.24. The second kappa shape index (κ2) is 4.08. The topological polar surface area (TPSA) is 30.2 Å². The van der Waals surface area contributed by atoms with E-state index in [9.17, 15) is 9.18 Å². The third-order valence-corrected chi connectivity index (χ3v) is 2.80. The number of hydrogen-bond acceptors (Lipinski definition) is 2. The number of furan rings is 1. The first-order valence-electron chi connectivity index (χ1n) is 5.35. The van der Waals surface area contributed by atoms with Gasteiger partial charge < -0.3 is 4.42 Å². The number of para-hydroxylation sites is 1. The lowest BCUT2D eigenvalue weighted by Crippen LogP contribution is -2.08. The van der Waals surface area contributed by atoms with Gasteiger partial charge in [-0.25, -0.2) is 4.39 Å². The van der Waals surface area contributed by atoms with Crippen molar-refractivity contribution in [3.8, 4) is 0 Å². The van der Waals surface area contributed by atoms with Crippen LogP contribution in [0.5, 0.6) is 0 Å². The fourth-order valence-corrected chi connectivity index (χ4v) is 1.58. The van der Waals surface area contributed by atoms with Crippen molar-refractivity contribution in [2.75, 3.05) is 0 Å². The van der Waals surface area contributed by atoms with Crippen LogP contribution in [0.15, 0.2) is 28.7 Å². The molecular formula is C13H13FO2. The molecule has 1 unspecified atom stereocenters. The summed E-state index contributed by atoms with van der Waals surface area (Å²) in [5.41, 5.74) is 0.161. The van der Waals surface area contributed by atoms with Crippen LogP contribution < -0.4 is 0 Å². The van der Waals surface area contributed by atoms with Gasteiger partial charge in [-0.15, -0.1) is 0 Å². The average molecular weight is 220 g/mol. The van der Waals surface area contributed by atoms with Gasteiger partial charge in [-0.2, -0.15) is 0 Å². The minimum atomic E-state index is -0.430. The van der Waals surface area contributed by atoms with Crippen LogP contribution in [0.3, 0.4) is 0 Å². The van der Waals surface area contributed by atoms with E-state index in [4.69, 9.17) is 4.42 Å². The summed E-state index contributed by atoms with van der Waals surface area (Å²) in [4.78, 5) is 11.8. The van der Waals surface area contributed by atoms with Gasteiger partial charge in [-0.05, 0) is 18.6 Å². The molecule has 16 heavy (non-hydrogen) atoms. The third-order valence-electron chi connectivity index (χ3n) is 2.80. The number of rotatable bonds is 3. The molecule has 1 heterocycles. The number of benzene rings is 1. The molecule has 1 aromatic carbocycles. The Morgan fingerprint density at radius 2 is 2.25 bits per heavy atom. The average Bonchev–Trinajstić information content (AvgIpc) is 2.72. The van der Waals surface area contributed by atoms with Crippen molar-refractivity contribution < 1.29 is 13.6 Å². The Bertz CT molecular complexity index is 528. The maximum atomic E-state index is 13.3. The molecule has 84 valence electrons. The van der Waals surface area contributed by atoms with Crippen molar-refractivity contribution in [2.24, 2.45) is 5.92 Å². The highest BCUT2D eigenvalue weighted by atomic mass is 19.1. The lowest BCUT2D eigenvalue weighted by Gasteiger charge is -2.02. The largest absolute Gasteiger partial charge is 0.450 e. The van der Waals surface area contributed by atoms with Gasteiger partial charge in [0.15, 0.2) is 17.2 Å². The van der Waals surface area contributed by atoms with E-state index in [1.54, 1.807) is 18.2 Å². The van der Waals surface area contributed by atoms with Crippen LogP contribution in [-0.2, 0) is 0 Å². The Labute approximate surface area is 93.1 Å². The fourth-order valence-electron chi connectivity index (χ4n) is 1.58. The molecule has 2 aromatic rings. The minimum Gasteiger partial charge on any atom is -0.450 e. The Morgan fingerprint density at radius 3 is 2.88 bits per heavy atom. The van der Waals surface area contributed by atoms with Crippen LogP contribution in [0.4, 0.5) is 4.39 Å². The van der Waals surface area contributed by atoms with Crippen LogP contribution in [0.25, 0.3) is 11.0 Å². The van der Waals surface area contributed by atoms with Crippen molar-refractivity contribution in [2.45, 2.75) is 20.3 Å². The molecule has 0 saturated heterocycles. The molecule has 2 nitrogen and oxygen atoms in total. The Balaban J connectivity index is 2.48. The van der Waals surface area contributed by atoms with Gasteiger partial charge in [0.25, 0.3) is 0 Å². The molecule has 0 fully saturated rings. The summed E-state index contributed by atoms with van der Waals surface area (Å²) in [7, 11) is 0. The first-order chi connectivity index (χ1) is 7.63. The summed E-state index contributed by atoms with van der Waals surface area (Å²) in [5, 5.41) is 0.631. The quantitative estimate of drug-likeness (QED) is 0.736. The lowest BCUT2D eigenvalue weighted by atomic mass is 10.0. The van der Waals surface area contributed by atoms with Crippen LogP contribution >= 0.6 is 0 Å². The second-order valence-corrected chi connectivity index (χ2v) is 3.94. The minimum absolute atomic E-state index is 0.0712. The SMILES string of the molecule is CCC(C)C(=O)c1cc2cccc(F)c2o1. The van der Waals surface area contributed by atoms with E-state index in [0.717, 1.165) is 6.42 Å². The van der Waals surface area contributed by atoms with E-state index in [1.807, 2.05) is 13.8 Å². The molecule has 2 rings (SSSR count). The van der Waals surface area contributed by atoms with E-state index in [0.29, 0.717) is 5.39 Å². The molecule has 3 heteroatoms. The molecule has 0 radical (unpaired) electrons. The number of fused-ring (bicyclic) bond motifs is 1. The maximum Gasteiger partial charge on any atom is 0.200 e. The molecule has 1 aromatic heterocycles. The molecule has 0 aliphatic rings. The number of ketones is 1. The molecule has 0 bridgehead atoms. The van der Waals surface area contributed by atoms with Crippen molar-refractivity contribution in [1.29, 1.82) is 0 Å². The van der Waals surface area contributed by atoms with Crippen molar-refractivity contribution >= 4 is 16.8 Å². The van der Waals surface area contributed by atoms with Crippen LogP contribution in [0, 0.1) is 11.7 Å². The van der Waals surface area contributed by atoms with E-state index < -0.39 is 5.82 Å². The molecule has 0 saturated carbocycles. The number of carbonyl (C=O) groups excluding carboxylic acids is 1. The second-order valence-electron chi connectivity index (χ2n) is 3.94. The smallest absolute Gasteiger partial charge is 0.200 e. The number of carbonyl (C=O) groups is 1. The van der Waals surface area contributed by atoms with Crippen LogP contribution in [-0.4, -0.2) is 5.78 Å². The van der Waals surface area contributed by atoms with Gasteiger partial charge in [0.05, 0.1) is 0 Å². The molecule has 0 spiro atoms. The molecule has 0 amide bonds. The monoisotopic (exact) mass is 220 g/mol. The Kier molecular flexibility index (Phi) is 2.77. The third kappa shape index (κ3) is 1.73. The Morgan fingerprint density at radius 1 is 1.50 bits per heavy atom. The summed E-state index contributed by atoms with van der Waals surface area (Å²) in [6.07, 6.45) is 0.748. The fraction of sp³-hybridized carbons (Fsp3) is 0.308. The lowest BCUT2D eigenvalue weighted by molar-refractivity contribution is 0.0901. The summed E-state index contributed by atoms with van der Waals surface area (Å²) in [6, 6.07) is 6.26. The van der Waals surface area contributed by atoms with Gasteiger partial charge >= 0.3 is 0 Å². The van der Waals surface area contributed by atoms with E-state index in [1.165, 1.54) is 6.07 Å². The predicted molar refractivity (Wildman–Crippen MR) is 60.0 cm³/mol. The molecule has 0 aliphatic carbocycles. The zero-order chi connectivity index (χ0) is 11.7. The molecule has 0 N–H and O–H groups in total. The van der Waals surface area contributed by atoms with E-state index in [-0.39, 0.29) is 23.0 Å². The van der Waals surface area contributed by atoms with Crippen molar-refractivity contribution in [3.05, 3.63) is 35.8 Å². The number of hydrogen-bond donors (Lipinski definition) is 0. The van der Waals surface area contributed by atoms with Crippen LogP contribution in [0.1, 0.15) is 30.8 Å². The predicted octanol–water partition coefficient (Wildman–Crippen LogP) is 3.80. The van der Waals surface area contributed by atoms with E-state index in [2.05, 4.69) is 0 Å². The molecule has 0 aliphatic heterocycles. The molecule has 1 atom stereocenters. The first kappa shape index (κ1) is 10.9. The zero-order valence-electron chi connectivity index (χ0n) is 9.29. The molecular weight excluding hydrogens is 207 g/mol.